The molecular formula is C22H26O10. The summed E-state index contributed by atoms with van der Waals surface area (Å²) < 4.78 is 22.1. The van der Waals surface area contributed by atoms with Crippen molar-refractivity contribution in [3.05, 3.63) is 59.9 Å². The van der Waals surface area contributed by atoms with E-state index in [4.69, 9.17) is 18.9 Å². The molecule has 32 heavy (non-hydrogen) atoms. The molecule has 3 aliphatic rings. The molecule has 0 unspecified atom stereocenters. The lowest BCUT2D eigenvalue weighted by Gasteiger charge is -2.42. The molecule has 1 aromatic rings. The van der Waals surface area contributed by atoms with E-state index >= 15 is 0 Å². The minimum absolute atomic E-state index is 0.113. The summed E-state index contributed by atoms with van der Waals surface area (Å²) in [5.41, 5.74) is 0.947. The van der Waals surface area contributed by atoms with E-state index in [1.807, 2.05) is 0 Å². The largest absolute Gasteiger partial charge is 0.472 e. The fraction of sp³-hybridized carbons (Fsp3) is 0.500. The molecule has 0 amide bonds. The molecular weight excluding hydrogens is 424 g/mol. The second-order valence-electron chi connectivity index (χ2n) is 7.94. The van der Waals surface area contributed by atoms with Crippen LogP contribution >= 0.6 is 0 Å². The summed E-state index contributed by atoms with van der Waals surface area (Å²) in [5.74, 6) is -1.52. The van der Waals surface area contributed by atoms with Gasteiger partial charge in [0.25, 0.3) is 0 Å². The second kappa shape index (κ2) is 9.67. The van der Waals surface area contributed by atoms with E-state index in [0.717, 1.165) is 0 Å². The molecule has 1 saturated heterocycles. The van der Waals surface area contributed by atoms with Crippen molar-refractivity contribution in [3.63, 3.8) is 0 Å². The van der Waals surface area contributed by atoms with Crippen molar-refractivity contribution in [3.8, 4) is 0 Å². The van der Waals surface area contributed by atoms with Crippen LogP contribution in [0.15, 0.2) is 54.3 Å². The number of esters is 1. The third kappa shape index (κ3) is 4.44. The smallest absolute Gasteiger partial charge is 0.338 e. The maximum absolute atomic E-state index is 12.3. The molecule has 0 radical (unpaired) electrons. The fourth-order valence-electron chi connectivity index (χ4n) is 4.17. The number of carbonyl (C=O) groups excluding carboxylic acids is 1. The molecule has 4 rings (SSSR count). The van der Waals surface area contributed by atoms with Gasteiger partial charge in [0, 0.05) is 5.92 Å². The van der Waals surface area contributed by atoms with Crippen LogP contribution in [0, 0.1) is 11.8 Å². The summed E-state index contributed by atoms with van der Waals surface area (Å²) >= 11 is 0. The lowest BCUT2D eigenvalue weighted by atomic mass is 9.88. The van der Waals surface area contributed by atoms with Crippen LogP contribution in [0.5, 0.6) is 0 Å². The molecule has 10 heteroatoms. The first-order chi connectivity index (χ1) is 15.4. The summed E-state index contributed by atoms with van der Waals surface area (Å²) in [6, 6.07) is 8.47. The number of ether oxygens (including phenoxy) is 4. The Balaban J connectivity index is 1.46. The molecule has 1 aliphatic carbocycles. The number of benzene rings is 1. The third-order valence-electron chi connectivity index (χ3n) is 5.92. The molecule has 174 valence electrons. The van der Waals surface area contributed by atoms with Crippen molar-refractivity contribution >= 4 is 5.97 Å². The molecule has 0 bridgehead atoms. The van der Waals surface area contributed by atoms with Crippen LogP contribution in [0.2, 0.25) is 0 Å². The fourth-order valence-corrected chi connectivity index (χ4v) is 4.17. The Morgan fingerprint density at radius 2 is 1.75 bits per heavy atom. The SMILES string of the molecule is O=C(OCC1=C[C@H](O)[C@H]2C=CO[C@@H](O[C@H]3O[C@H](CO)[C@@H](O)[C@H](O)[C@H]3O)[C@@H]12)c1ccccc1. The molecule has 9 atom stereocenters. The minimum Gasteiger partial charge on any atom is -0.472 e. The Labute approximate surface area is 183 Å². The van der Waals surface area contributed by atoms with Gasteiger partial charge in [0.05, 0.1) is 30.5 Å². The van der Waals surface area contributed by atoms with Gasteiger partial charge in [-0.3, -0.25) is 0 Å². The molecule has 0 saturated carbocycles. The van der Waals surface area contributed by atoms with Crippen molar-refractivity contribution in [2.24, 2.45) is 11.8 Å². The van der Waals surface area contributed by atoms with Crippen molar-refractivity contribution in [2.45, 2.75) is 43.1 Å². The van der Waals surface area contributed by atoms with Gasteiger partial charge >= 0.3 is 5.97 Å². The monoisotopic (exact) mass is 450 g/mol. The van der Waals surface area contributed by atoms with E-state index in [1.54, 1.807) is 42.5 Å². The molecule has 2 aliphatic heterocycles. The number of carbonyl (C=O) groups is 1. The quantitative estimate of drug-likeness (QED) is 0.271. The maximum atomic E-state index is 12.3. The van der Waals surface area contributed by atoms with Crippen LogP contribution in [0.3, 0.4) is 0 Å². The van der Waals surface area contributed by atoms with E-state index in [-0.39, 0.29) is 6.61 Å². The average molecular weight is 450 g/mol. The van der Waals surface area contributed by atoms with Gasteiger partial charge in [-0.25, -0.2) is 4.79 Å². The molecule has 10 nitrogen and oxygen atoms in total. The Morgan fingerprint density at radius 1 is 1.00 bits per heavy atom. The standard InChI is InChI=1S/C22H26O10/c23-9-15-17(25)18(26)19(27)22(31-15)32-21-16-12(8-14(24)13(16)6-7-29-21)10-30-20(28)11-4-2-1-3-5-11/h1-8,13-19,21-27H,9-10H2/t13-,14+,15-,16+,17-,18+,19-,21+,22-/m1/s1. The predicted molar refractivity (Wildman–Crippen MR) is 107 cm³/mol. The first kappa shape index (κ1) is 22.9. The normalized spacial score (nSPS) is 38.5. The first-order valence-electron chi connectivity index (χ1n) is 10.3. The van der Waals surface area contributed by atoms with E-state index in [9.17, 15) is 30.3 Å². The lowest BCUT2D eigenvalue weighted by Crippen LogP contribution is -2.60. The highest BCUT2D eigenvalue weighted by Crippen LogP contribution is 2.41. The predicted octanol–water partition coefficient (Wildman–Crippen LogP) is -0.937. The zero-order valence-electron chi connectivity index (χ0n) is 17.0. The number of fused-ring (bicyclic) bond motifs is 1. The Hall–Kier alpha value is -2.31. The highest BCUT2D eigenvalue weighted by atomic mass is 16.8. The van der Waals surface area contributed by atoms with Gasteiger partial charge in [0.1, 0.15) is 31.0 Å². The van der Waals surface area contributed by atoms with Gasteiger partial charge in [0.2, 0.25) is 6.29 Å². The summed E-state index contributed by atoms with van der Waals surface area (Å²) in [6.07, 6.45) is -4.61. The van der Waals surface area contributed by atoms with E-state index in [0.29, 0.717) is 11.1 Å². The van der Waals surface area contributed by atoms with Crippen LogP contribution in [0.25, 0.3) is 0 Å². The molecule has 5 N–H and O–H groups in total. The van der Waals surface area contributed by atoms with Gasteiger partial charge < -0.3 is 44.5 Å². The van der Waals surface area contributed by atoms with Gasteiger partial charge in [0.15, 0.2) is 6.29 Å². The zero-order valence-corrected chi connectivity index (χ0v) is 17.0. The first-order valence-corrected chi connectivity index (χ1v) is 10.3. The van der Waals surface area contributed by atoms with Gasteiger partial charge in [-0.15, -0.1) is 0 Å². The third-order valence-corrected chi connectivity index (χ3v) is 5.92. The Bertz CT molecular complexity index is 854. The van der Waals surface area contributed by atoms with E-state index in [1.165, 1.54) is 6.26 Å². The maximum Gasteiger partial charge on any atom is 0.338 e. The van der Waals surface area contributed by atoms with Gasteiger partial charge in [-0.05, 0) is 23.8 Å². The average Bonchev–Trinajstić information content (AvgIpc) is 3.14. The molecule has 1 aromatic carbocycles. The molecule has 1 fully saturated rings. The van der Waals surface area contributed by atoms with Crippen LogP contribution in [-0.2, 0) is 18.9 Å². The van der Waals surface area contributed by atoms with E-state index in [2.05, 4.69) is 0 Å². The lowest BCUT2D eigenvalue weighted by molar-refractivity contribution is -0.339. The number of hydrogen-bond donors (Lipinski definition) is 5. The number of hydrogen-bond acceptors (Lipinski definition) is 10. The van der Waals surface area contributed by atoms with Crippen LogP contribution in [0.1, 0.15) is 10.4 Å². The highest BCUT2D eigenvalue weighted by molar-refractivity contribution is 5.89. The van der Waals surface area contributed by atoms with Gasteiger partial charge in [-0.1, -0.05) is 24.3 Å². The van der Waals surface area contributed by atoms with Gasteiger partial charge in [-0.2, -0.15) is 0 Å². The van der Waals surface area contributed by atoms with E-state index < -0.39 is 67.5 Å². The minimum atomic E-state index is -1.60. The molecule has 2 heterocycles. The molecule has 0 spiro atoms. The summed E-state index contributed by atoms with van der Waals surface area (Å²) in [6.45, 7) is -0.709. The van der Waals surface area contributed by atoms with Crippen molar-refractivity contribution in [1.29, 1.82) is 0 Å². The number of rotatable bonds is 6. The molecule has 0 aromatic heterocycles. The van der Waals surface area contributed by atoms with Crippen molar-refractivity contribution in [1.82, 2.24) is 0 Å². The highest BCUT2D eigenvalue weighted by Gasteiger charge is 2.49. The Morgan fingerprint density at radius 3 is 2.47 bits per heavy atom. The van der Waals surface area contributed by atoms with Crippen molar-refractivity contribution < 1.29 is 49.3 Å². The van der Waals surface area contributed by atoms with Crippen LogP contribution in [-0.4, -0.2) is 87.8 Å². The van der Waals surface area contributed by atoms with Crippen molar-refractivity contribution in [2.75, 3.05) is 13.2 Å². The summed E-state index contributed by atoms with van der Waals surface area (Å²) in [7, 11) is 0. The summed E-state index contributed by atoms with van der Waals surface area (Å²) in [5, 5.41) is 50.0. The van der Waals surface area contributed by atoms with Crippen LogP contribution in [0.4, 0.5) is 0 Å². The second-order valence-corrected chi connectivity index (χ2v) is 7.94. The topological polar surface area (TPSA) is 155 Å². The number of aliphatic hydroxyl groups is 5. The Kier molecular flexibility index (Phi) is 6.91. The summed E-state index contributed by atoms with van der Waals surface area (Å²) in [4.78, 5) is 12.3. The van der Waals surface area contributed by atoms with Crippen LogP contribution < -0.4 is 0 Å². The number of aliphatic hydroxyl groups excluding tert-OH is 5. The zero-order chi connectivity index (χ0) is 22.8.